The van der Waals surface area contributed by atoms with Crippen molar-refractivity contribution in [3.8, 4) is 6.07 Å². The molecule has 0 aromatic rings. The molecule has 1 amide bonds. The van der Waals surface area contributed by atoms with Crippen molar-refractivity contribution in [1.29, 1.82) is 5.26 Å². The van der Waals surface area contributed by atoms with Crippen molar-refractivity contribution in [2.24, 2.45) is 0 Å². The first kappa shape index (κ1) is 13.9. The number of hydrogen-bond acceptors (Lipinski definition) is 3. The summed E-state index contributed by atoms with van der Waals surface area (Å²) in [6.07, 6.45) is 1.04. The zero-order valence-corrected chi connectivity index (χ0v) is 9.92. The molecule has 0 saturated carbocycles. The second-order valence-corrected chi connectivity index (χ2v) is 3.81. The summed E-state index contributed by atoms with van der Waals surface area (Å²) >= 11 is 0. The van der Waals surface area contributed by atoms with E-state index in [9.17, 15) is 4.79 Å². The third kappa shape index (κ3) is 7.95. The molecule has 4 nitrogen and oxygen atoms in total. The molecular weight excluding hydrogens is 190 g/mol. The Morgan fingerprint density at radius 2 is 2.13 bits per heavy atom. The lowest BCUT2D eigenvalue weighted by Gasteiger charge is -2.18. The Hall–Kier alpha value is -1.08. The van der Waals surface area contributed by atoms with Gasteiger partial charge in [0, 0.05) is 32.0 Å². The van der Waals surface area contributed by atoms with E-state index in [1.54, 1.807) is 0 Å². The Bertz CT molecular complexity index is 220. The topological polar surface area (TPSA) is 56.1 Å². The largest absolute Gasteiger partial charge is 0.354 e. The molecule has 0 spiro atoms. The molecule has 0 aromatic heterocycles. The molecule has 4 heteroatoms. The Morgan fingerprint density at radius 3 is 2.60 bits per heavy atom. The third-order valence-electron chi connectivity index (χ3n) is 2.09. The van der Waals surface area contributed by atoms with Crippen LogP contribution in [-0.4, -0.2) is 36.5 Å². The van der Waals surface area contributed by atoms with E-state index in [0.717, 1.165) is 19.6 Å². The number of rotatable bonds is 7. The van der Waals surface area contributed by atoms with Crippen LogP contribution in [0.4, 0.5) is 0 Å². The van der Waals surface area contributed by atoms with Crippen LogP contribution in [0.2, 0.25) is 0 Å². The van der Waals surface area contributed by atoms with Crippen molar-refractivity contribution >= 4 is 5.91 Å². The van der Waals surface area contributed by atoms with E-state index < -0.39 is 0 Å². The molecule has 0 radical (unpaired) electrons. The summed E-state index contributed by atoms with van der Waals surface area (Å²) < 4.78 is 0. The van der Waals surface area contributed by atoms with Gasteiger partial charge in [-0.05, 0) is 20.4 Å². The Morgan fingerprint density at radius 1 is 1.47 bits per heavy atom. The molecule has 86 valence electrons. The molecule has 0 aliphatic heterocycles. The predicted molar refractivity (Wildman–Crippen MR) is 60.2 cm³/mol. The van der Waals surface area contributed by atoms with E-state index >= 15 is 0 Å². The van der Waals surface area contributed by atoms with Gasteiger partial charge in [0.2, 0.25) is 5.91 Å². The average Bonchev–Trinajstić information content (AvgIpc) is 2.17. The number of amides is 1. The average molecular weight is 211 g/mol. The smallest absolute Gasteiger partial charge is 0.221 e. The highest BCUT2D eigenvalue weighted by atomic mass is 16.1. The quantitative estimate of drug-likeness (QED) is 0.687. The van der Waals surface area contributed by atoms with E-state index in [1.807, 2.05) is 20.8 Å². The first-order valence-corrected chi connectivity index (χ1v) is 5.48. The number of carbonyl (C=O) groups excluding carboxylic acids is 1. The molecule has 0 aliphatic rings. The van der Waals surface area contributed by atoms with E-state index in [2.05, 4.69) is 16.3 Å². The second kappa shape index (κ2) is 8.25. The van der Waals surface area contributed by atoms with Gasteiger partial charge in [0.1, 0.15) is 0 Å². The maximum Gasteiger partial charge on any atom is 0.221 e. The zero-order chi connectivity index (χ0) is 11.7. The fraction of sp³-hybridized carbons (Fsp3) is 0.818. The maximum atomic E-state index is 11.3. The van der Waals surface area contributed by atoms with Crippen LogP contribution in [0.3, 0.4) is 0 Å². The predicted octanol–water partition coefficient (Wildman–Crippen LogP) is 1.14. The fourth-order valence-electron chi connectivity index (χ4n) is 1.29. The third-order valence-corrected chi connectivity index (χ3v) is 2.09. The molecule has 0 unspecified atom stereocenters. The lowest BCUT2D eigenvalue weighted by molar-refractivity contribution is -0.121. The minimum Gasteiger partial charge on any atom is -0.354 e. The lowest BCUT2D eigenvalue weighted by atomic mass is 10.3. The summed E-state index contributed by atoms with van der Waals surface area (Å²) in [5.74, 6) is 0.0837. The van der Waals surface area contributed by atoms with Crippen LogP contribution in [0.25, 0.3) is 0 Å². The maximum absolute atomic E-state index is 11.3. The van der Waals surface area contributed by atoms with Gasteiger partial charge in [0.05, 0.1) is 6.07 Å². The number of nitrogens with zero attached hydrogens (tertiary/aromatic N) is 2. The molecule has 0 bridgehead atoms. The minimum atomic E-state index is 0.0837. The van der Waals surface area contributed by atoms with Gasteiger partial charge in [-0.3, -0.25) is 4.79 Å². The number of carbonyl (C=O) groups is 1. The van der Waals surface area contributed by atoms with Crippen molar-refractivity contribution < 1.29 is 4.79 Å². The highest BCUT2D eigenvalue weighted by Crippen LogP contribution is 1.94. The van der Waals surface area contributed by atoms with Crippen LogP contribution >= 0.6 is 0 Å². The van der Waals surface area contributed by atoms with Crippen LogP contribution in [0.15, 0.2) is 0 Å². The van der Waals surface area contributed by atoms with Crippen LogP contribution in [0.1, 0.15) is 33.6 Å². The molecule has 0 aliphatic carbocycles. The summed E-state index contributed by atoms with van der Waals surface area (Å²) in [6, 6.07) is 2.31. The first-order chi connectivity index (χ1) is 7.10. The van der Waals surface area contributed by atoms with Gasteiger partial charge in [-0.1, -0.05) is 6.92 Å². The van der Waals surface area contributed by atoms with Crippen molar-refractivity contribution in [2.45, 2.75) is 39.7 Å². The van der Waals surface area contributed by atoms with Crippen molar-refractivity contribution in [3.63, 3.8) is 0 Å². The second-order valence-electron chi connectivity index (χ2n) is 3.81. The van der Waals surface area contributed by atoms with E-state index in [0.29, 0.717) is 12.8 Å². The molecule has 0 saturated heterocycles. The number of hydrogen-bond donors (Lipinski definition) is 1. The van der Waals surface area contributed by atoms with Crippen molar-refractivity contribution in [1.82, 2.24) is 10.2 Å². The van der Waals surface area contributed by atoms with E-state index in [-0.39, 0.29) is 11.9 Å². The Balaban J connectivity index is 3.70. The summed E-state index contributed by atoms with van der Waals surface area (Å²) in [5.41, 5.74) is 0. The van der Waals surface area contributed by atoms with Crippen LogP contribution in [0.5, 0.6) is 0 Å². The van der Waals surface area contributed by atoms with Gasteiger partial charge in [-0.15, -0.1) is 0 Å². The lowest BCUT2D eigenvalue weighted by Crippen LogP contribution is -2.34. The highest BCUT2D eigenvalue weighted by molar-refractivity contribution is 5.76. The summed E-state index contributed by atoms with van der Waals surface area (Å²) in [6.45, 7) is 8.31. The monoisotopic (exact) mass is 211 g/mol. The van der Waals surface area contributed by atoms with Gasteiger partial charge >= 0.3 is 0 Å². The fourth-order valence-corrected chi connectivity index (χ4v) is 1.29. The van der Waals surface area contributed by atoms with Gasteiger partial charge in [-0.2, -0.15) is 5.26 Å². The van der Waals surface area contributed by atoms with Crippen molar-refractivity contribution in [3.05, 3.63) is 0 Å². The van der Waals surface area contributed by atoms with Gasteiger partial charge in [0.15, 0.2) is 0 Å². The van der Waals surface area contributed by atoms with Crippen LogP contribution in [-0.2, 0) is 4.79 Å². The Kier molecular flexibility index (Phi) is 7.65. The van der Waals surface area contributed by atoms with E-state index in [4.69, 9.17) is 5.26 Å². The van der Waals surface area contributed by atoms with Gasteiger partial charge < -0.3 is 10.2 Å². The van der Waals surface area contributed by atoms with Gasteiger partial charge in [-0.25, -0.2) is 0 Å². The number of nitriles is 1. The molecular formula is C11H21N3O. The zero-order valence-electron chi connectivity index (χ0n) is 9.92. The molecule has 15 heavy (non-hydrogen) atoms. The standard InChI is InChI=1S/C11H21N3O/c1-4-14(8-5-7-12)9-6-11(15)13-10(2)3/h10H,4-6,8-9H2,1-3H3,(H,13,15). The Labute approximate surface area is 92.3 Å². The first-order valence-electron chi connectivity index (χ1n) is 5.48. The van der Waals surface area contributed by atoms with Crippen LogP contribution in [0, 0.1) is 11.3 Å². The van der Waals surface area contributed by atoms with Crippen LogP contribution < -0.4 is 5.32 Å². The molecule has 0 heterocycles. The van der Waals surface area contributed by atoms with Gasteiger partial charge in [0.25, 0.3) is 0 Å². The molecule has 1 N–H and O–H groups in total. The molecule has 0 atom stereocenters. The minimum absolute atomic E-state index is 0.0837. The van der Waals surface area contributed by atoms with Crippen molar-refractivity contribution in [2.75, 3.05) is 19.6 Å². The SMILES string of the molecule is CCN(CCC#N)CCC(=O)NC(C)C. The summed E-state index contributed by atoms with van der Waals surface area (Å²) in [5, 5.41) is 11.3. The summed E-state index contributed by atoms with van der Waals surface area (Å²) in [4.78, 5) is 13.5. The molecule has 0 rings (SSSR count). The summed E-state index contributed by atoms with van der Waals surface area (Å²) in [7, 11) is 0. The van der Waals surface area contributed by atoms with E-state index in [1.165, 1.54) is 0 Å². The highest BCUT2D eigenvalue weighted by Gasteiger charge is 2.06. The molecule has 0 aromatic carbocycles. The normalized spacial score (nSPS) is 10.4. The molecule has 0 fully saturated rings. The number of nitrogens with one attached hydrogen (secondary N) is 1.